The fraction of sp³-hybridized carbons (Fsp3) is 0.579. The molecule has 1 heterocycles. The third kappa shape index (κ3) is 4.12. The predicted molar refractivity (Wildman–Crippen MR) is 95.8 cm³/mol. The van der Waals surface area contributed by atoms with Crippen LogP contribution in [0.3, 0.4) is 0 Å². The van der Waals surface area contributed by atoms with E-state index in [4.69, 9.17) is 4.74 Å². The van der Waals surface area contributed by atoms with Gasteiger partial charge in [-0.15, -0.1) is 0 Å². The third-order valence-electron chi connectivity index (χ3n) is 5.19. The molecule has 1 unspecified atom stereocenters. The van der Waals surface area contributed by atoms with Crippen LogP contribution in [0.1, 0.15) is 32.3 Å². The minimum absolute atomic E-state index is 0.0410. The lowest BCUT2D eigenvalue weighted by molar-refractivity contribution is -0.162. The monoisotopic (exact) mass is 348 g/mol. The van der Waals surface area contributed by atoms with Gasteiger partial charge in [0.25, 0.3) is 0 Å². The fourth-order valence-electron chi connectivity index (χ4n) is 3.06. The molecule has 1 aromatic carbocycles. The number of likely N-dealkylation sites (tertiary alicyclic amines) is 1. The normalized spacial score (nSPS) is 18.0. The fourth-order valence-corrected chi connectivity index (χ4v) is 3.06. The van der Waals surface area contributed by atoms with Gasteiger partial charge in [0.1, 0.15) is 5.75 Å². The zero-order valence-electron chi connectivity index (χ0n) is 15.5. The van der Waals surface area contributed by atoms with Crippen molar-refractivity contribution in [1.82, 2.24) is 9.80 Å². The zero-order chi connectivity index (χ0) is 18.6. The summed E-state index contributed by atoms with van der Waals surface area (Å²) in [6.45, 7) is 7.35. The molecule has 1 atom stereocenters. The molecule has 1 aliphatic heterocycles. The van der Waals surface area contributed by atoms with Crippen LogP contribution in [0.15, 0.2) is 24.3 Å². The van der Waals surface area contributed by atoms with Crippen molar-refractivity contribution in [1.29, 1.82) is 0 Å². The van der Waals surface area contributed by atoms with Gasteiger partial charge in [0.05, 0.1) is 6.04 Å². The van der Waals surface area contributed by atoms with E-state index >= 15 is 0 Å². The maximum absolute atomic E-state index is 12.6. The Balaban J connectivity index is 2.09. The number of likely N-dealkylation sites (N-methyl/N-ethyl adjacent to an activating group) is 1. The maximum Gasteiger partial charge on any atom is 0.348 e. The summed E-state index contributed by atoms with van der Waals surface area (Å²) in [5.41, 5.74) is -0.372. The van der Waals surface area contributed by atoms with Crippen molar-refractivity contribution in [2.75, 3.05) is 26.7 Å². The highest BCUT2D eigenvalue weighted by atomic mass is 16.5. The Hall–Kier alpha value is -2.08. The molecule has 138 valence electrons. The SMILES string of the molecule is CCN(C)C(C)C(=O)N1CCC(Oc2ccccc2C)(C(=O)O)CC1. The summed E-state index contributed by atoms with van der Waals surface area (Å²) in [7, 11) is 1.91. The smallest absolute Gasteiger partial charge is 0.348 e. The van der Waals surface area contributed by atoms with Crippen LogP contribution >= 0.6 is 0 Å². The van der Waals surface area contributed by atoms with E-state index in [0.717, 1.165) is 12.1 Å². The number of nitrogens with zero attached hydrogens (tertiary/aromatic N) is 2. The summed E-state index contributed by atoms with van der Waals surface area (Å²) in [6.07, 6.45) is 0.565. The van der Waals surface area contributed by atoms with Gasteiger partial charge in [-0.2, -0.15) is 0 Å². The number of hydrogen-bond donors (Lipinski definition) is 1. The molecule has 6 heteroatoms. The van der Waals surface area contributed by atoms with Crippen molar-refractivity contribution in [3.05, 3.63) is 29.8 Å². The Labute approximate surface area is 149 Å². The minimum Gasteiger partial charge on any atom is -0.478 e. The van der Waals surface area contributed by atoms with Gasteiger partial charge in [0.2, 0.25) is 11.5 Å². The Morgan fingerprint density at radius 1 is 1.32 bits per heavy atom. The van der Waals surface area contributed by atoms with E-state index in [1.165, 1.54) is 0 Å². The second-order valence-electron chi connectivity index (χ2n) is 6.74. The van der Waals surface area contributed by atoms with Crippen LogP contribution in [-0.2, 0) is 9.59 Å². The third-order valence-corrected chi connectivity index (χ3v) is 5.19. The highest BCUT2D eigenvalue weighted by Crippen LogP contribution is 2.31. The number of carboxylic acid groups (broad SMARTS) is 1. The molecule has 0 spiro atoms. The molecular formula is C19H28N2O4. The first-order chi connectivity index (χ1) is 11.8. The van der Waals surface area contributed by atoms with Crippen LogP contribution in [0.25, 0.3) is 0 Å². The van der Waals surface area contributed by atoms with Crippen molar-refractivity contribution in [3.8, 4) is 5.75 Å². The van der Waals surface area contributed by atoms with Gasteiger partial charge in [0, 0.05) is 25.9 Å². The van der Waals surface area contributed by atoms with Crippen LogP contribution in [-0.4, -0.2) is 65.1 Å². The molecule has 1 amide bonds. The highest BCUT2D eigenvalue weighted by molar-refractivity contribution is 5.83. The van der Waals surface area contributed by atoms with Crippen LogP contribution in [0.4, 0.5) is 0 Å². The summed E-state index contributed by atoms with van der Waals surface area (Å²) in [6, 6.07) is 7.20. The lowest BCUT2D eigenvalue weighted by Gasteiger charge is -2.40. The first-order valence-electron chi connectivity index (χ1n) is 8.78. The number of benzene rings is 1. The minimum atomic E-state index is -1.28. The topological polar surface area (TPSA) is 70.1 Å². The van der Waals surface area contributed by atoms with Crippen molar-refractivity contribution in [2.45, 2.75) is 45.3 Å². The first-order valence-corrected chi connectivity index (χ1v) is 8.78. The van der Waals surface area contributed by atoms with E-state index in [0.29, 0.717) is 18.8 Å². The number of carbonyl (C=O) groups excluding carboxylic acids is 1. The molecule has 1 fully saturated rings. The first kappa shape index (κ1) is 19.2. The van der Waals surface area contributed by atoms with Crippen LogP contribution in [0.2, 0.25) is 0 Å². The molecule has 25 heavy (non-hydrogen) atoms. The molecule has 0 aliphatic carbocycles. The van der Waals surface area contributed by atoms with Gasteiger partial charge >= 0.3 is 5.97 Å². The number of aryl methyl sites for hydroxylation is 1. The lowest BCUT2D eigenvalue weighted by atomic mass is 9.90. The Bertz CT molecular complexity index is 624. The van der Waals surface area contributed by atoms with Gasteiger partial charge in [-0.3, -0.25) is 9.69 Å². The summed E-state index contributed by atoms with van der Waals surface area (Å²) in [5, 5.41) is 9.76. The molecule has 2 rings (SSSR count). The van der Waals surface area contributed by atoms with Crippen LogP contribution in [0, 0.1) is 6.92 Å². The summed E-state index contributed by atoms with van der Waals surface area (Å²) < 4.78 is 5.94. The average molecular weight is 348 g/mol. The van der Waals surface area contributed by atoms with Crippen LogP contribution < -0.4 is 4.74 Å². The second-order valence-corrected chi connectivity index (χ2v) is 6.74. The molecule has 0 bridgehead atoms. The number of ether oxygens (including phenoxy) is 1. The lowest BCUT2D eigenvalue weighted by Crippen LogP contribution is -2.56. The maximum atomic E-state index is 12.6. The summed E-state index contributed by atoms with van der Waals surface area (Å²) in [5.74, 6) is -0.343. The van der Waals surface area contributed by atoms with Crippen molar-refractivity contribution < 1.29 is 19.4 Å². The van der Waals surface area contributed by atoms with Gasteiger partial charge in [-0.1, -0.05) is 25.1 Å². The Morgan fingerprint density at radius 3 is 2.44 bits per heavy atom. The largest absolute Gasteiger partial charge is 0.478 e. The molecule has 0 radical (unpaired) electrons. The Morgan fingerprint density at radius 2 is 1.92 bits per heavy atom. The van der Waals surface area contributed by atoms with E-state index in [1.54, 1.807) is 11.0 Å². The van der Waals surface area contributed by atoms with Crippen molar-refractivity contribution in [3.63, 3.8) is 0 Å². The molecule has 1 saturated heterocycles. The van der Waals surface area contributed by atoms with Gasteiger partial charge in [0.15, 0.2) is 0 Å². The Kier molecular flexibility index (Phi) is 6.06. The van der Waals surface area contributed by atoms with E-state index in [-0.39, 0.29) is 24.8 Å². The van der Waals surface area contributed by atoms with Crippen molar-refractivity contribution in [2.24, 2.45) is 0 Å². The summed E-state index contributed by atoms with van der Waals surface area (Å²) in [4.78, 5) is 28.2. The molecule has 1 aliphatic rings. The van der Waals surface area contributed by atoms with E-state index in [9.17, 15) is 14.7 Å². The molecule has 1 N–H and O–H groups in total. The number of carboxylic acids is 1. The predicted octanol–water partition coefficient (Wildman–Crippen LogP) is 2.16. The van der Waals surface area contributed by atoms with Crippen molar-refractivity contribution >= 4 is 11.9 Å². The highest BCUT2D eigenvalue weighted by Gasteiger charge is 2.45. The van der Waals surface area contributed by atoms with Gasteiger partial charge in [-0.05, 0) is 39.1 Å². The quantitative estimate of drug-likeness (QED) is 0.853. The van der Waals surface area contributed by atoms with Crippen LogP contribution in [0.5, 0.6) is 5.75 Å². The molecule has 0 saturated carbocycles. The number of para-hydroxylation sites is 1. The van der Waals surface area contributed by atoms with Gasteiger partial charge in [-0.25, -0.2) is 4.79 Å². The average Bonchev–Trinajstić information content (AvgIpc) is 2.62. The summed E-state index contributed by atoms with van der Waals surface area (Å²) >= 11 is 0. The van der Waals surface area contributed by atoms with E-state index in [2.05, 4.69) is 0 Å². The molecule has 1 aromatic rings. The molecule has 6 nitrogen and oxygen atoms in total. The number of piperidine rings is 1. The molecular weight excluding hydrogens is 320 g/mol. The number of amides is 1. The molecule has 0 aromatic heterocycles. The standard InChI is InChI=1S/C19H28N2O4/c1-5-20(4)15(3)17(22)21-12-10-19(11-13-21,18(23)24)25-16-9-7-6-8-14(16)2/h6-9,15H,5,10-13H2,1-4H3,(H,23,24). The number of hydrogen-bond acceptors (Lipinski definition) is 4. The van der Waals surface area contributed by atoms with E-state index < -0.39 is 11.6 Å². The number of carbonyl (C=O) groups is 2. The zero-order valence-corrected chi connectivity index (χ0v) is 15.5. The number of rotatable bonds is 6. The second kappa shape index (κ2) is 7.87. The number of aliphatic carboxylic acids is 1. The van der Waals surface area contributed by atoms with Gasteiger partial charge < -0.3 is 14.7 Å². The van der Waals surface area contributed by atoms with E-state index in [1.807, 2.05) is 50.9 Å².